The van der Waals surface area contributed by atoms with Crippen molar-refractivity contribution in [2.75, 3.05) is 17.7 Å². The highest BCUT2D eigenvalue weighted by molar-refractivity contribution is 7.98. The maximum absolute atomic E-state index is 9.29. The molecule has 1 aliphatic carbocycles. The minimum absolute atomic E-state index is 0.661. The van der Waals surface area contributed by atoms with Crippen LogP contribution in [0.25, 0.3) is 0 Å². The fourth-order valence-corrected chi connectivity index (χ4v) is 2.62. The van der Waals surface area contributed by atoms with Gasteiger partial charge in [0.2, 0.25) is 0 Å². The molecule has 1 fully saturated rings. The van der Waals surface area contributed by atoms with Gasteiger partial charge >= 0.3 is 0 Å². The molecule has 0 unspecified atom stereocenters. The first-order chi connectivity index (χ1) is 7.81. The van der Waals surface area contributed by atoms with Crippen molar-refractivity contribution >= 4 is 17.4 Å². The van der Waals surface area contributed by atoms with Gasteiger partial charge in [-0.05, 0) is 38.2 Å². The van der Waals surface area contributed by atoms with Crippen LogP contribution in [0.1, 0.15) is 25.3 Å². The van der Waals surface area contributed by atoms with Gasteiger partial charge in [-0.3, -0.25) is 0 Å². The second kappa shape index (κ2) is 4.80. The molecule has 0 aromatic heterocycles. The first-order valence-corrected chi connectivity index (χ1v) is 6.88. The van der Waals surface area contributed by atoms with Gasteiger partial charge < -0.3 is 4.90 Å². The molecule has 1 aromatic rings. The Morgan fingerprint density at radius 1 is 1.50 bits per heavy atom. The average molecular weight is 232 g/mol. The smallest absolute Gasteiger partial charge is 0.103 e. The first kappa shape index (κ1) is 11.3. The van der Waals surface area contributed by atoms with Crippen molar-refractivity contribution in [3.63, 3.8) is 0 Å². The summed E-state index contributed by atoms with van der Waals surface area (Å²) in [7, 11) is 0. The highest BCUT2D eigenvalue weighted by Crippen LogP contribution is 2.36. The lowest BCUT2D eigenvalue weighted by atomic mass is 10.1. The van der Waals surface area contributed by atoms with Crippen molar-refractivity contribution in [2.24, 2.45) is 0 Å². The molecule has 0 N–H and O–H groups in total. The van der Waals surface area contributed by atoms with Crippen LogP contribution in [0.4, 0.5) is 5.69 Å². The van der Waals surface area contributed by atoms with Gasteiger partial charge in [0.05, 0.1) is 11.3 Å². The van der Waals surface area contributed by atoms with Gasteiger partial charge in [-0.1, -0.05) is 6.07 Å². The highest BCUT2D eigenvalue weighted by atomic mass is 32.2. The van der Waals surface area contributed by atoms with E-state index in [0.717, 1.165) is 22.7 Å². The van der Waals surface area contributed by atoms with E-state index < -0.39 is 0 Å². The third-order valence-corrected chi connectivity index (χ3v) is 3.75. The molecule has 0 amide bonds. The summed E-state index contributed by atoms with van der Waals surface area (Å²) >= 11 is 1.65. The Balaban J connectivity index is 2.42. The predicted molar refractivity (Wildman–Crippen MR) is 69.0 cm³/mol. The molecule has 0 aliphatic heterocycles. The normalized spacial score (nSPS) is 14.6. The molecule has 84 valence electrons. The number of thioether (sulfide) groups is 1. The molecule has 2 nitrogen and oxygen atoms in total. The van der Waals surface area contributed by atoms with Crippen molar-refractivity contribution in [1.29, 1.82) is 5.26 Å². The summed E-state index contributed by atoms with van der Waals surface area (Å²) in [6.07, 6.45) is 4.55. The molecule has 0 heterocycles. The number of hydrogen-bond acceptors (Lipinski definition) is 3. The quantitative estimate of drug-likeness (QED) is 0.745. The van der Waals surface area contributed by atoms with Gasteiger partial charge in [-0.25, -0.2) is 0 Å². The Bertz CT molecular complexity index is 418. The summed E-state index contributed by atoms with van der Waals surface area (Å²) in [6, 6.07) is 9.15. The zero-order valence-corrected chi connectivity index (χ0v) is 10.5. The first-order valence-electron chi connectivity index (χ1n) is 5.65. The fraction of sp³-hybridized carbons (Fsp3) is 0.462. The Hall–Kier alpha value is -1.14. The Labute approximate surface area is 101 Å². The molecular weight excluding hydrogens is 216 g/mol. The van der Waals surface area contributed by atoms with Crippen molar-refractivity contribution < 1.29 is 0 Å². The number of nitrogens with zero attached hydrogens (tertiary/aromatic N) is 2. The van der Waals surface area contributed by atoms with E-state index in [1.807, 2.05) is 18.4 Å². The molecule has 3 heteroatoms. The van der Waals surface area contributed by atoms with Crippen LogP contribution in [0.3, 0.4) is 0 Å². The van der Waals surface area contributed by atoms with E-state index in [1.54, 1.807) is 11.8 Å². The molecule has 1 aromatic carbocycles. The Kier molecular flexibility index (Phi) is 3.40. The van der Waals surface area contributed by atoms with E-state index in [-0.39, 0.29) is 0 Å². The number of benzene rings is 1. The molecule has 0 saturated heterocycles. The Morgan fingerprint density at radius 3 is 2.75 bits per heavy atom. The SMILES string of the molecule is CCN(c1cccc(SC)c1C#N)C1CC1. The van der Waals surface area contributed by atoms with Gasteiger partial charge in [0, 0.05) is 17.5 Å². The molecule has 1 aliphatic rings. The topological polar surface area (TPSA) is 27.0 Å². The number of hydrogen-bond donors (Lipinski definition) is 0. The van der Waals surface area contributed by atoms with E-state index in [2.05, 4.69) is 24.0 Å². The fourth-order valence-electron chi connectivity index (χ4n) is 2.05. The maximum Gasteiger partial charge on any atom is 0.103 e. The Morgan fingerprint density at radius 2 is 2.25 bits per heavy atom. The van der Waals surface area contributed by atoms with Crippen LogP contribution in [-0.2, 0) is 0 Å². The van der Waals surface area contributed by atoms with Gasteiger partial charge in [0.1, 0.15) is 6.07 Å². The summed E-state index contributed by atoms with van der Waals surface area (Å²) in [5.74, 6) is 0. The maximum atomic E-state index is 9.29. The minimum atomic E-state index is 0.661. The summed E-state index contributed by atoms with van der Waals surface area (Å²) in [4.78, 5) is 3.44. The zero-order valence-electron chi connectivity index (χ0n) is 9.73. The highest BCUT2D eigenvalue weighted by Gasteiger charge is 2.29. The van der Waals surface area contributed by atoms with E-state index in [0.29, 0.717) is 6.04 Å². The molecule has 1 saturated carbocycles. The molecule has 16 heavy (non-hydrogen) atoms. The second-order valence-corrected chi connectivity index (χ2v) is 4.83. The molecule has 2 rings (SSSR count). The lowest BCUT2D eigenvalue weighted by Crippen LogP contribution is -2.25. The number of anilines is 1. The zero-order chi connectivity index (χ0) is 11.5. The number of nitriles is 1. The molecule has 0 bridgehead atoms. The van der Waals surface area contributed by atoms with Crippen molar-refractivity contribution in [3.8, 4) is 6.07 Å². The van der Waals surface area contributed by atoms with Crippen molar-refractivity contribution in [2.45, 2.75) is 30.7 Å². The average Bonchev–Trinajstić information content (AvgIpc) is 3.14. The predicted octanol–water partition coefficient (Wildman–Crippen LogP) is 3.27. The minimum Gasteiger partial charge on any atom is -0.368 e. The number of rotatable bonds is 4. The lowest BCUT2D eigenvalue weighted by molar-refractivity contribution is 0.823. The van der Waals surface area contributed by atoms with Gasteiger partial charge in [0.25, 0.3) is 0 Å². The third kappa shape index (κ3) is 2.03. The third-order valence-electron chi connectivity index (χ3n) is 2.97. The van der Waals surface area contributed by atoms with Crippen LogP contribution < -0.4 is 4.90 Å². The van der Waals surface area contributed by atoms with E-state index >= 15 is 0 Å². The summed E-state index contributed by atoms with van der Waals surface area (Å²) in [5, 5.41) is 9.29. The van der Waals surface area contributed by atoms with E-state index in [4.69, 9.17) is 0 Å². The van der Waals surface area contributed by atoms with Crippen LogP contribution in [-0.4, -0.2) is 18.8 Å². The van der Waals surface area contributed by atoms with Crippen molar-refractivity contribution in [1.82, 2.24) is 0 Å². The standard InChI is InChI=1S/C13H16N2S/c1-3-15(10-7-8-10)12-5-4-6-13(16-2)11(12)9-14/h4-6,10H,3,7-8H2,1-2H3. The van der Waals surface area contributed by atoms with E-state index in [1.165, 1.54) is 12.8 Å². The lowest BCUT2D eigenvalue weighted by Gasteiger charge is -2.24. The summed E-state index contributed by atoms with van der Waals surface area (Å²) in [6.45, 7) is 3.14. The molecule has 0 spiro atoms. The molecule has 0 atom stereocenters. The van der Waals surface area contributed by atoms with E-state index in [9.17, 15) is 5.26 Å². The molecular formula is C13H16N2S. The summed E-state index contributed by atoms with van der Waals surface area (Å²) < 4.78 is 0. The van der Waals surface area contributed by atoms with Crippen LogP contribution in [0.5, 0.6) is 0 Å². The van der Waals surface area contributed by atoms with Gasteiger partial charge in [0.15, 0.2) is 0 Å². The van der Waals surface area contributed by atoms with Crippen LogP contribution in [0.15, 0.2) is 23.1 Å². The monoisotopic (exact) mass is 232 g/mol. The largest absolute Gasteiger partial charge is 0.368 e. The second-order valence-electron chi connectivity index (χ2n) is 3.98. The van der Waals surface area contributed by atoms with Crippen LogP contribution >= 0.6 is 11.8 Å². The van der Waals surface area contributed by atoms with Crippen molar-refractivity contribution in [3.05, 3.63) is 23.8 Å². The summed E-state index contributed by atoms with van der Waals surface area (Å²) in [5.41, 5.74) is 1.95. The molecule has 0 radical (unpaired) electrons. The van der Waals surface area contributed by atoms with Gasteiger partial charge in [-0.15, -0.1) is 11.8 Å². The van der Waals surface area contributed by atoms with Crippen LogP contribution in [0, 0.1) is 11.3 Å². The van der Waals surface area contributed by atoms with Gasteiger partial charge in [-0.2, -0.15) is 5.26 Å². The van der Waals surface area contributed by atoms with Crippen LogP contribution in [0.2, 0.25) is 0 Å².